The standard InChI is InChI=1S/C15H17Cl2N3/c1-10-14(3-2-6-19-10)20-9-18-8-15(20)12-7-11(16)4-5-13(12)17/h4-5,7-10,14,19H,2-3,6H2,1H3. The van der Waals surface area contributed by atoms with Gasteiger partial charge in [-0.05, 0) is 44.5 Å². The molecule has 1 saturated heterocycles. The molecule has 0 amide bonds. The van der Waals surface area contributed by atoms with E-state index in [9.17, 15) is 0 Å². The first-order chi connectivity index (χ1) is 9.66. The minimum Gasteiger partial charge on any atom is -0.326 e. The molecule has 20 heavy (non-hydrogen) atoms. The van der Waals surface area contributed by atoms with Crippen LogP contribution in [0.15, 0.2) is 30.7 Å². The number of hydrogen-bond acceptors (Lipinski definition) is 2. The average Bonchev–Trinajstić information content (AvgIpc) is 2.91. The van der Waals surface area contributed by atoms with Crippen molar-refractivity contribution in [1.29, 1.82) is 0 Å². The summed E-state index contributed by atoms with van der Waals surface area (Å²) in [7, 11) is 0. The van der Waals surface area contributed by atoms with Gasteiger partial charge in [-0.1, -0.05) is 23.2 Å². The van der Waals surface area contributed by atoms with E-state index in [1.807, 2.05) is 24.7 Å². The van der Waals surface area contributed by atoms with Crippen LogP contribution in [0.3, 0.4) is 0 Å². The predicted molar refractivity (Wildman–Crippen MR) is 83.4 cm³/mol. The van der Waals surface area contributed by atoms with Crippen molar-refractivity contribution in [1.82, 2.24) is 14.9 Å². The number of imidazole rings is 1. The molecule has 0 bridgehead atoms. The number of rotatable bonds is 2. The maximum Gasteiger partial charge on any atom is 0.0954 e. The van der Waals surface area contributed by atoms with E-state index in [1.54, 1.807) is 6.07 Å². The van der Waals surface area contributed by atoms with Gasteiger partial charge in [0.15, 0.2) is 0 Å². The Morgan fingerprint density at radius 3 is 3.00 bits per heavy atom. The summed E-state index contributed by atoms with van der Waals surface area (Å²) >= 11 is 12.4. The lowest BCUT2D eigenvalue weighted by atomic mass is 9.99. The van der Waals surface area contributed by atoms with Gasteiger partial charge >= 0.3 is 0 Å². The topological polar surface area (TPSA) is 29.9 Å². The van der Waals surface area contributed by atoms with Crippen LogP contribution in [0.5, 0.6) is 0 Å². The van der Waals surface area contributed by atoms with Crippen LogP contribution >= 0.6 is 23.2 Å². The van der Waals surface area contributed by atoms with Crippen LogP contribution in [-0.4, -0.2) is 22.1 Å². The number of aromatic nitrogens is 2. The Balaban J connectivity index is 2.03. The van der Waals surface area contributed by atoms with Gasteiger partial charge in [0, 0.05) is 16.6 Å². The third-order valence-electron chi connectivity index (χ3n) is 3.95. The van der Waals surface area contributed by atoms with E-state index in [-0.39, 0.29) is 0 Å². The van der Waals surface area contributed by atoms with Crippen LogP contribution in [-0.2, 0) is 0 Å². The minimum atomic E-state index is 0.399. The summed E-state index contributed by atoms with van der Waals surface area (Å²) in [5.74, 6) is 0. The van der Waals surface area contributed by atoms with Crippen molar-refractivity contribution in [2.45, 2.75) is 31.8 Å². The molecule has 2 unspecified atom stereocenters. The maximum atomic E-state index is 6.32. The van der Waals surface area contributed by atoms with Crippen molar-refractivity contribution in [2.75, 3.05) is 6.54 Å². The van der Waals surface area contributed by atoms with Crippen LogP contribution < -0.4 is 5.32 Å². The maximum absolute atomic E-state index is 6.32. The van der Waals surface area contributed by atoms with Crippen LogP contribution in [0.1, 0.15) is 25.8 Å². The second kappa shape index (κ2) is 5.76. The molecule has 1 fully saturated rings. The van der Waals surface area contributed by atoms with E-state index < -0.39 is 0 Å². The van der Waals surface area contributed by atoms with Crippen molar-refractivity contribution in [2.24, 2.45) is 0 Å². The first-order valence-electron chi connectivity index (χ1n) is 6.87. The molecular weight excluding hydrogens is 293 g/mol. The number of hydrogen-bond donors (Lipinski definition) is 1. The lowest BCUT2D eigenvalue weighted by molar-refractivity contribution is 0.297. The van der Waals surface area contributed by atoms with Crippen molar-refractivity contribution in [3.63, 3.8) is 0 Å². The van der Waals surface area contributed by atoms with E-state index in [0.29, 0.717) is 22.1 Å². The first kappa shape index (κ1) is 13.9. The van der Waals surface area contributed by atoms with E-state index in [4.69, 9.17) is 23.2 Å². The molecule has 2 aromatic rings. The van der Waals surface area contributed by atoms with Gasteiger partial charge in [-0.2, -0.15) is 0 Å². The fourth-order valence-corrected chi connectivity index (χ4v) is 3.26. The molecule has 1 aliphatic heterocycles. The normalized spacial score (nSPS) is 22.9. The highest BCUT2D eigenvalue weighted by Gasteiger charge is 2.24. The fourth-order valence-electron chi connectivity index (χ4n) is 2.88. The highest BCUT2D eigenvalue weighted by atomic mass is 35.5. The summed E-state index contributed by atoms with van der Waals surface area (Å²) in [5.41, 5.74) is 1.97. The highest BCUT2D eigenvalue weighted by Crippen LogP contribution is 2.34. The summed E-state index contributed by atoms with van der Waals surface area (Å²) < 4.78 is 2.22. The SMILES string of the molecule is CC1NCCCC1n1cncc1-c1cc(Cl)ccc1Cl. The zero-order valence-corrected chi connectivity index (χ0v) is 12.8. The molecule has 106 valence electrons. The molecule has 5 heteroatoms. The quantitative estimate of drug-likeness (QED) is 0.902. The molecule has 1 aromatic carbocycles. The van der Waals surface area contributed by atoms with Crippen molar-refractivity contribution in [3.8, 4) is 11.3 Å². The Labute approximate surface area is 128 Å². The third-order valence-corrected chi connectivity index (χ3v) is 4.51. The highest BCUT2D eigenvalue weighted by molar-refractivity contribution is 6.35. The Morgan fingerprint density at radius 1 is 1.35 bits per heavy atom. The zero-order valence-electron chi connectivity index (χ0n) is 11.3. The van der Waals surface area contributed by atoms with Gasteiger partial charge < -0.3 is 9.88 Å². The van der Waals surface area contributed by atoms with E-state index in [2.05, 4.69) is 21.8 Å². The first-order valence-corrected chi connectivity index (χ1v) is 7.63. The molecule has 3 nitrogen and oxygen atoms in total. The van der Waals surface area contributed by atoms with Gasteiger partial charge in [0.25, 0.3) is 0 Å². The summed E-state index contributed by atoms with van der Waals surface area (Å²) in [6.45, 7) is 3.30. The molecule has 1 N–H and O–H groups in total. The van der Waals surface area contributed by atoms with Gasteiger partial charge in [-0.3, -0.25) is 0 Å². The average molecular weight is 310 g/mol. The molecule has 1 aliphatic rings. The monoisotopic (exact) mass is 309 g/mol. The van der Waals surface area contributed by atoms with Crippen LogP contribution in [0, 0.1) is 0 Å². The summed E-state index contributed by atoms with van der Waals surface area (Å²) in [6, 6.07) is 6.36. The van der Waals surface area contributed by atoms with E-state index in [0.717, 1.165) is 24.2 Å². The molecule has 2 heterocycles. The molecule has 0 spiro atoms. The van der Waals surface area contributed by atoms with Gasteiger partial charge in [0.1, 0.15) is 0 Å². The zero-order chi connectivity index (χ0) is 14.1. The number of nitrogens with zero attached hydrogens (tertiary/aromatic N) is 2. The van der Waals surface area contributed by atoms with E-state index in [1.165, 1.54) is 6.42 Å². The molecular formula is C15H17Cl2N3. The second-order valence-electron chi connectivity index (χ2n) is 5.26. The molecule has 2 atom stereocenters. The van der Waals surface area contributed by atoms with E-state index >= 15 is 0 Å². The number of halogens is 2. The Hall–Kier alpha value is -1.03. The molecule has 0 aliphatic carbocycles. The van der Waals surface area contributed by atoms with Crippen LogP contribution in [0.25, 0.3) is 11.3 Å². The molecule has 0 radical (unpaired) electrons. The predicted octanol–water partition coefficient (Wildman–Crippen LogP) is 4.17. The molecule has 1 aromatic heterocycles. The third kappa shape index (κ3) is 2.58. The Bertz CT molecular complexity index is 609. The van der Waals surface area contributed by atoms with Crippen LogP contribution in [0.2, 0.25) is 10.0 Å². The largest absolute Gasteiger partial charge is 0.326 e. The molecule has 0 saturated carbocycles. The minimum absolute atomic E-state index is 0.399. The van der Waals surface area contributed by atoms with Gasteiger partial charge in [0.2, 0.25) is 0 Å². The van der Waals surface area contributed by atoms with Gasteiger partial charge in [-0.25, -0.2) is 4.98 Å². The lowest BCUT2D eigenvalue weighted by Gasteiger charge is -2.32. The fraction of sp³-hybridized carbons (Fsp3) is 0.400. The van der Waals surface area contributed by atoms with Gasteiger partial charge in [-0.15, -0.1) is 0 Å². The summed E-state index contributed by atoms with van der Waals surface area (Å²) in [5, 5.41) is 4.91. The second-order valence-corrected chi connectivity index (χ2v) is 6.11. The van der Waals surface area contributed by atoms with Crippen LogP contribution in [0.4, 0.5) is 0 Å². The van der Waals surface area contributed by atoms with Gasteiger partial charge in [0.05, 0.1) is 29.3 Å². The Morgan fingerprint density at radius 2 is 2.20 bits per heavy atom. The number of benzene rings is 1. The van der Waals surface area contributed by atoms with Crippen molar-refractivity contribution >= 4 is 23.2 Å². The summed E-state index contributed by atoms with van der Waals surface area (Å²) in [6.07, 6.45) is 6.07. The number of piperidine rings is 1. The van der Waals surface area contributed by atoms with Crippen molar-refractivity contribution in [3.05, 3.63) is 40.8 Å². The van der Waals surface area contributed by atoms with Crippen molar-refractivity contribution < 1.29 is 0 Å². The Kier molecular flexibility index (Phi) is 4.01. The molecule has 3 rings (SSSR count). The lowest BCUT2D eigenvalue weighted by Crippen LogP contribution is -2.40. The smallest absolute Gasteiger partial charge is 0.0954 e. The number of nitrogens with one attached hydrogen (secondary N) is 1. The summed E-state index contributed by atoms with van der Waals surface area (Å²) in [4.78, 5) is 4.31.